The summed E-state index contributed by atoms with van der Waals surface area (Å²) in [5.74, 6) is 2.60. The molecular formula is C15H21NO3S. The number of amides is 1. The molecule has 0 spiro atoms. The van der Waals surface area contributed by atoms with E-state index < -0.39 is 6.10 Å². The number of ether oxygens (including phenoxy) is 2. The lowest BCUT2D eigenvalue weighted by Crippen LogP contribution is -2.47. The molecule has 1 aliphatic heterocycles. The van der Waals surface area contributed by atoms with Crippen LogP contribution in [0, 0.1) is 0 Å². The van der Waals surface area contributed by atoms with Gasteiger partial charge < -0.3 is 14.8 Å². The third-order valence-corrected chi connectivity index (χ3v) is 4.73. The summed E-state index contributed by atoms with van der Waals surface area (Å²) in [5, 5.41) is 2.93. The molecule has 4 nitrogen and oxygen atoms in total. The Labute approximate surface area is 124 Å². The molecule has 1 saturated heterocycles. The van der Waals surface area contributed by atoms with Gasteiger partial charge in [0.25, 0.3) is 5.91 Å². The van der Waals surface area contributed by atoms with E-state index in [2.05, 4.69) is 5.32 Å². The first-order valence-corrected chi connectivity index (χ1v) is 7.93. The van der Waals surface area contributed by atoms with Crippen molar-refractivity contribution < 1.29 is 14.3 Å². The molecule has 1 aliphatic rings. The van der Waals surface area contributed by atoms with Gasteiger partial charge in [-0.3, -0.25) is 4.79 Å². The summed E-state index contributed by atoms with van der Waals surface area (Å²) in [4.78, 5) is 12.1. The smallest absolute Gasteiger partial charge is 0.260 e. The summed E-state index contributed by atoms with van der Waals surface area (Å²) < 4.78 is 11.2. The van der Waals surface area contributed by atoms with Crippen molar-refractivity contribution in [2.75, 3.05) is 25.2 Å². The topological polar surface area (TPSA) is 47.6 Å². The number of carbonyl (C=O) groups is 1. The molecule has 0 aliphatic carbocycles. The van der Waals surface area contributed by atoms with Crippen molar-refractivity contribution in [2.24, 2.45) is 0 Å². The number of thioether (sulfide) groups is 1. The standard InChI is InChI=1S/C15H21NO3S/c1-12(19-13-6-4-3-5-7-13)14(17)16-10-15(18-2)8-9-20-11-15/h3-7,12H,8-11H2,1-2H3,(H,16,17)/t12-,15-/m1/s1. The van der Waals surface area contributed by atoms with Gasteiger partial charge >= 0.3 is 0 Å². The second-order valence-electron chi connectivity index (χ2n) is 4.98. The van der Waals surface area contributed by atoms with Crippen molar-refractivity contribution in [3.8, 4) is 5.75 Å². The molecule has 1 aromatic rings. The Kier molecular flexibility index (Phi) is 5.31. The van der Waals surface area contributed by atoms with E-state index in [1.807, 2.05) is 42.1 Å². The van der Waals surface area contributed by atoms with Gasteiger partial charge in [0, 0.05) is 19.4 Å². The van der Waals surface area contributed by atoms with E-state index in [-0.39, 0.29) is 11.5 Å². The summed E-state index contributed by atoms with van der Waals surface area (Å²) in [6, 6.07) is 9.37. The first-order valence-electron chi connectivity index (χ1n) is 6.77. The molecule has 0 saturated carbocycles. The van der Waals surface area contributed by atoms with Crippen LogP contribution in [0.5, 0.6) is 5.75 Å². The molecule has 2 atom stereocenters. The zero-order valence-corrected chi connectivity index (χ0v) is 12.7. The number of nitrogens with one attached hydrogen (secondary N) is 1. The highest BCUT2D eigenvalue weighted by Crippen LogP contribution is 2.30. The largest absolute Gasteiger partial charge is 0.481 e. The van der Waals surface area contributed by atoms with Crippen LogP contribution in [-0.2, 0) is 9.53 Å². The zero-order valence-electron chi connectivity index (χ0n) is 11.9. The maximum atomic E-state index is 12.1. The number of benzene rings is 1. The Morgan fingerprint density at radius 2 is 2.20 bits per heavy atom. The molecule has 5 heteroatoms. The zero-order chi connectivity index (χ0) is 14.4. The van der Waals surface area contributed by atoms with Gasteiger partial charge in [-0.15, -0.1) is 0 Å². The van der Waals surface area contributed by atoms with Crippen LogP contribution in [0.2, 0.25) is 0 Å². The highest BCUT2D eigenvalue weighted by molar-refractivity contribution is 7.99. The summed E-state index contributed by atoms with van der Waals surface area (Å²) in [6.07, 6.45) is 0.461. The highest BCUT2D eigenvalue weighted by atomic mass is 32.2. The molecule has 0 bridgehead atoms. The number of hydrogen-bond acceptors (Lipinski definition) is 4. The molecule has 0 aromatic heterocycles. The molecule has 1 aromatic carbocycles. The lowest BCUT2D eigenvalue weighted by Gasteiger charge is -2.27. The number of carbonyl (C=O) groups excluding carboxylic acids is 1. The number of para-hydroxylation sites is 1. The van der Waals surface area contributed by atoms with E-state index in [0.29, 0.717) is 12.3 Å². The van der Waals surface area contributed by atoms with Crippen LogP contribution >= 0.6 is 11.8 Å². The van der Waals surface area contributed by atoms with E-state index in [4.69, 9.17) is 9.47 Å². The summed E-state index contributed by atoms with van der Waals surface area (Å²) in [7, 11) is 1.71. The van der Waals surface area contributed by atoms with Crippen molar-refractivity contribution >= 4 is 17.7 Å². The van der Waals surface area contributed by atoms with Crippen molar-refractivity contribution in [1.29, 1.82) is 0 Å². The molecule has 1 fully saturated rings. The van der Waals surface area contributed by atoms with Crippen LogP contribution in [0.25, 0.3) is 0 Å². The van der Waals surface area contributed by atoms with Gasteiger partial charge in [-0.2, -0.15) is 11.8 Å². The maximum absolute atomic E-state index is 12.1. The molecule has 1 N–H and O–H groups in total. The van der Waals surface area contributed by atoms with Gasteiger partial charge in [0.15, 0.2) is 6.10 Å². The normalized spacial score (nSPS) is 23.3. The van der Waals surface area contributed by atoms with Crippen LogP contribution in [0.4, 0.5) is 0 Å². The molecule has 1 heterocycles. The molecule has 2 rings (SSSR count). The Bertz CT molecular complexity index is 432. The lowest BCUT2D eigenvalue weighted by molar-refractivity contribution is -0.128. The predicted octanol–water partition coefficient (Wildman–Crippen LogP) is 2.09. The SMILES string of the molecule is CO[C@@]1(CNC(=O)[C@@H](C)Oc2ccccc2)CCSC1. The van der Waals surface area contributed by atoms with Crippen molar-refractivity contribution in [1.82, 2.24) is 5.32 Å². The fourth-order valence-corrected chi connectivity index (χ4v) is 3.51. The van der Waals surface area contributed by atoms with E-state index in [9.17, 15) is 4.79 Å². The molecule has 0 unspecified atom stereocenters. The summed E-state index contributed by atoms with van der Waals surface area (Å²) >= 11 is 1.86. The van der Waals surface area contributed by atoms with Gasteiger partial charge in [-0.25, -0.2) is 0 Å². The third kappa shape index (κ3) is 3.90. The van der Waals surface area contributed by atoms with Gasteiger partial charge in [0.2, 0.25) is 0 Å². The minimum atomic E-state index is -0.514. The van der Waals surface area contributed by atoms with Gasteiger partial charge in [0.05, 0.1) is 5.60 Å². The van der Waals surface area contributed by atoms with Gasteiger partial charge in [0.1, 0.15) is 5.75 Å². The number of hydrogen-bond donors (Lipinski definition) is 1. The molecule has 0 radical (unpaired) electrons. The molecule has 110 valence electrons. The predicted molar refractivity (Wildman–Crippen MR) is 81.2 cm³/mol. The summed E-state index contributed by atoms with van der Waals surface area (Å²) in [5.41, 5.74) is -0.215. The van der Waals surface area contributed by atoms with E-state index in [0.717, 1.165) is 17.9 Å². The Morgan fingerprint density at radius 3 is 2.80 bits per heavy atom. The Balaban J connectivity index is 1.82. The van der Waals surface area contributed by atoms with Crippen LogP contribution in [0.1, 0.15) is 13.3 Å². The Hall–Kier alpha value is -1.20. The first kappa shape index (κ1) is 15.2. The fraction of sp³-hybridized carbons (Fsp3) is 0.533. The van der Waals surface area contributed by atoms with Crippen molar-refractivity contribution in [3.05, 3.63) is 30.3 Å². The van der Waals surface area contributed by atoms with E-state index in [1.165, 1.54) is 0 Å². The van der Waals surface area contributed by atoms with Crippen molar-refractivity contribution in [3.63, 3.8) is 0 Å². The highest BCUT2D eigenvalue weighted by Gasteiger charge is 2.35. The maximum Gasteiger partial charge on any atom is 0.260 e. The van der Waals surface area contributed by atoms with Gasteiger partial charge in [-0.1, -0.05) is 18.2 Å². The average molecular weight is 295 g/mol. The fourth-order valence-electron chi connectivity index (χ4n) is 2.11. The van der Waals surface area contributed by atoms with Gasteiger partial charge in [-0.05, 0) is 31.2 Å². The number of methoxy groups -OCH3 is 1. The van der Waals surface area contributed by atoms with Crippen molar-refractivity contribution in [2.45, 2.75) is 25.0 Å². The lowest BCUT2D eigenvalue weighted by atomic mass is 10.0. The van der Waals surface area contributed by atoms with Crippen LogP contribution in [0.3, 0.4) is 0 Å². The minimum absolute atomic E-state index is 0.109. The summed E-state index contributed by atoms with van der Waals surface area (Å²) in [6.45, 7) is 2.29. The van der Waals surface area contributed by atoms with Crippen LogP contribution in [0.15, 0.2) is 30.3 Å². The monoisotopic (exact) mass is 295 g/mol. The van der Waals surface area contributed by atoms with Crippen LogP contribution in [-0.4, -0.2) is 42.8 Å². The van der Waals surface area contributed by atoms with Crippen LogP contribution < -0.4 is 10.1 Å². The number of rotatable bonds is 6. The first-order chi connectivity index (χ1) is 9.65. The molecular weight excluding hydrogens is 274 g/mol. The molecule has 20 heavy (non-hydrogen) atoms. The average Bonchev–Trinajstić information content (AvgIpc) is 2.95. The van der Waals surface area contributed by atoms with E-state index >= 15 is 0 Å². The quantitative estimate of drug-likeness (QED) is 0.873. The Morgan fingerprint density at radius 1 is 1.45 bits per heavy atom. The minimum Gasteiger partial charge on any atom is -0.481 e. The third-order valence-electron chi connectivity index (χ3n) is 3.51. The van der Waals surface area contributed by atoms with E-state index in [1.54, 1.807) is 14.0 Å². The second-order valence-corrected chi connectivity index (χ2v) is 6.09. The second kappa shape index (κ2) is 6.99. The molecule has 1 amide bonds.